The summed E-state index contributed by atoms with van der Waals surface area (Å²) in [7, 11) is -2.10. The second-order valence-corrected chi connectivity index (χ2v) is 10.1. The van der Waals surface area contributed by atoms with Gasteiger partial charge in [0.2, 0.25) is 10.0 Å². The Bertz CT molecular complexity index is 1020. The first-order valence-electron chi connectivity index (χ1n) is 10.8. The highest BCUT2D eigenvalue weighted by Gasteiger charge is 2.33. The second kappa shape index (κ2) is 9.35. The number of hydrogen-bond donors (Lipinski definition) is 1. The molecule has 0 spiro atoms. The topological polar surface area (TPSA) is 106 Å². The van der Waals surface area contributed by atoms with Gasteiger partial charge >= 0.3 is 0 Å². The van der Waals surface area contributed by atoms with Gasteiger partial charge < -0.3 is 10.1 Å². The molecule has 4 rings (SSSR count). The average Bonchev–Trinajstić information content (AvgIpc) is 3.51. The highest BCUT2D eigenvalue weighted by atomic mass is 32.2. The lowest BCUT2D eigenvalue weighted by molar-refractivity contribution is 0.0946. The number of nitrogens with one attached hydrogen (secondary N) is 1. The van der Waals surface area contributed by atoms with Gasteiger partial charge in [-0.25, -0.2) is 8.42 Å². The summed E-state index contributed by atoms with van der Waals surface area (Å²) in [5, 5.41) is 10.9. The van der Waals surface area contributed by atoms with E-state index in [1.54, 1.807) is 39.4 Å². The number of amides is 1. The fourth-order valence-electron chi connectivity index (χ4n) is 3.92. The van der Waals surface area contributed by atoms with Crippen molar-refractivity contribution in [3.05, 3.63) is 36.2 Å². The van der Waals surface area contributed by atoms with Crippen LogP contribution in [0, 0.1) is 5.92 Å². The van der Waals surface area contributed by atoms with Gasteiger partial charge in [0.1, 0.15) is 5.75 Å². The maximum atomic E-state index is 13.3. The lowest BCUT2D eigenvalue weighted by atomic mass is 10.0. The van der Waals surface area contributed by atoms with Gasteiger partial charge in [0.05, 0.1) is 18.2 Å². The minimum Gasteiger partial charge on any atom is -0.497 e. The lowest BCUT2D eigenvalue weighted by Gasteiger charge is -2.34. The van der Waals surface area contributed by atoms with Gasteiger partial charge in [-0.15, -0.1) is 5.10 Å². The van der Waals surface area contributed by atoms with Crippen LogP contribution in [0.5, 0.6) is 5.75 Å². The Morgan fingerprint density at radius 3 is 2.87 bits per heavy atom. The molecule has 1 N–H and O–H groups in total. The van der Waals surface area contributed by atoms with Crippen LogP contribution >= 0.6 is 0 Å². The summed E-state index contributed by atoms with van der Waals surface area (Å²) in [6.45, 7) is 1.68. The van der Waals surface area contributed by atoms with E-state index in [0.717, 1.165) is 19.3 Å². The molecular weight excluding hydrogens is 418 g/mol. The van der Waals surface area contributed by atoms with E-state index in [-0.39, 0.29) is 16.8 Å². The smallest absolute Gasteiger partial charge is 0.273 e. The van der Waals surface area contributed by atoms with Crippen molar-refractivity contribution in [1.29, 1.82) is 0 Å². The third-order valence-electron chi connectivity index (χ3n) is 5.93. The van der Waals surface area contributed by atoms with Crippen LogP contribution in [0.2, 0.25) is 0 Å². The molecule has 1 aliphatic carbocycles. The molecule has 0 bridgehead atoms. The van der Waals surface area contributed by atoms with Crippen LogP contribution in [0.25, 0.3) is 0 Å². The quantitative estimate of drug-likeness (QED) is 0.631. The van der Waals surface area contributed by atoms with Crippen LogP contribution in [0.4, 0.5) is 0 Å². The predicted octanol–water partition coefficient (Wildman–Crippen LogP) is 2.06. The van der Waals surface area contributed by atoms with Crippen molar-refractivity contribution in [2.24, 2.45) is 5.92 Å². The maximum Gasteiger partial charge on any atom is 0.273 e. The Labute approximate surface area is 182 Å². The number of methoxy groups -OCH3 is 1. The van der Waals surface area contributed by atoms with Crippen LogP contribution in [0.15, 0.2) is 35.4 Å². The molecule has 0 radical (unpaired) electrons. The van der Waals surface area contributed by atoms with Crippen molar-refractivity contribution < 1.29 is 17.9 Å². The summed E-state index contributed by atoms with van der Waals surface area (Å²) >= 11 is 0. The molecule has 10 heteroatoms. The van der Waals surface area contributed by atoms with Crippen LogP contribution in [-0.2, 0) is 16.6 Å². The first kappa shape index (κ1) is 21.8. The molecular formula is C21H29N5O4S. The van der Waals surface area contributed by atoms with Crippen molar-refractivity contribution in [3.63, 3.8) is 0 Å². The Balaban J connectivity index is 1.40. The van der Waals surface area contributed by atoms with Gasteiger partial charge in [-0.3, -0.25) is 9.48 Å². The van der Waals surface area contributed by atoms with Gasteiger partial charge in [-0.05, 0) is 50.2 Å². The molecule has 1 amide bonds. The normalized spacial score (nSPS) is 19.8. The molecule has 9 nitrogen and oxygen atoms in total. The first-order valence-corrected chi connectivity index (χ1v) is 12.3. The molecule has 2 fully saturated rings. The number of aromatic nitrogens is 3. The highest BCUT2D eigenvalue weighted by Crippen LogP contribution is 2.29. The standard InChI is InChI=1S/C21H29N5O4S/c1-30-18-6-4-7-19(13-18)31(28,29)26-11-3-2-5-17(26)10-12-25-15-20(23-24-25)21(27)22-14-16-8-9-16/h4,6-7,13,15-17H,2-3,5,8-12,14H2,1H3,(H,22,27). The van der Waals surface area contributed by atoms with E-state index in [1.165, 1.54) is 20.0 Å². The number of nitrogens with zero attached hydrogens (tertiary/aromatic N) is 4. The zero-order valence-corrected chi connectivity index (χ0v) is 18.6. The number of rotatable bonds is 9. The van der Waals surface area contributed by atoms with Gasteiger partial charge in [0.15, 0.2) is 5.69 Å². The lowest BCUT2D eigenvalue weighted by Crippen LogP contribution is -2.44. The predicted molar refractivity (Wildman–Crippen MR) is 114 cm³/mol. The Kier molecular flexibility index (Phi) is 6.57. The largest absolute Gasteiger partial charge is 0.497 e. The number of hydrogen-bond acceptors (Lipinski definition) is 6. The molecule has 168 valence electrons. The van der Waals surface area contributed by atoms with E-state index in [9.17, 15) is 13.2 Å². The van der Waals surface area contributed by atoms with Gasteiger partial charge in [-0.1, -0.05) is 17.7 Å². The van der Waals surface area contributed by atoms with E-state index in [2.05, 4.69) is 15.6 Å². The fourth-order valence-corrected chi connectivity index (χ4v) is 5.68. The van der Waals surface area contributed by atoms with Crippen molar-refractivity contribution in [2.45, 2.75) is 56.0 Å². The Morgan fingerprint density at radius 1 is 1.26 bits per heavy atom. The van der Waals surface area contributed by atoms with Crippen molar-refractivity contribution in [3.8, 4) is 5.75 Å². The summed E-state index contributed by atoms with van der Waals surface area (Å²) in [4.78, 5) is 12.4. The summed E-state index contributed by atoms with van der Waals surface area (Å²) < 4.78 is 35.0. The summed E-state index contributed by atoms with van der Waals surface area (Å²) in [6.07, 6.45) is 7.21. The Hall–Kier alpha value is -2.46. The number of benzene rings is 1. The number of ether oxygens (including phenoxy) is 1. The molecule has 1 saturated carbocycles. The second-order valence-electron chi connectivity index (χ2n) is 8.25. The minimum atomic E-state index is -3.62. The first-order chi connectivity index (χ1) is 15.0. The number of sulfonamides is 1. The number of carbonyl (C=O) groups is 1. The summed E-state index contributed by atoms with van der Waals surface area (Å²) in [6, 6.07) is 6.46. The van der Waals surface area contributed by atoms with E-state index < -0.39 is 10.0 Å². The molecule has 1 aromatic carbocycles. The molecule has 2 aromatic rings. The van der Waals surface area contributed by atoms with Crippen molar-refractivity contribution >= 4 is 15.9 Å². The molecule has 1 atom stereocenters. The molecule has 1 unspecified atom stereocenters. The van der Waals surface area contributed by atoms with E-state index in [4.69, 9.17) is 4.74 Å². The van der Waals surface area contributed by atoms with Crippen molar-refractivity contribution in [2.75, 3.05) is 20.2 Å². The Morgan fingerprint density at radius 2 is 2.10 bits per heavy atom. The van der Waals surface area contributed by atoms with Gasteiger partial charge in [0.25, 0.3) is 5.91 Å². The fraction of sp³-hybridized carbons (Fsp3) is 0.571. The van der Waals surface area contributed by atoms with Crippen LogP contribution in [-0.4, -0.2) is 59.9 Å². The SMILES string of the molecule is COc1cccc(S(=O)(=O)N2CCCCC2CCn2cc(C(=O)NCC3CC3)nn2)c1. The molecule has 2 heterocycles. The van der Waals surface area contributed by atoms with E-state index >= 15 is 0 Å². The molecule has 1 aliphatic heterocycles. The molecule has 31 heavy (non-hydrogen) atoms. The average molecular weight is 448 g/mol. The summed E-state index contributed by atoms with van der Waals surface area (Å²) in [5.74, 6) is 0.908. The van der Waals surface area contributed by atoms with Crippen LogP contribution < -0.4 is 10.1 Å². The number of piperidine rings is 1. The number of aryl methyl sites for hydroxylation is 1. The minimum absolute atomic E-state index is 0.124. The zero-order valence-electron chi connectivity index (χ0n) is 17.7. The van der Waals surface area contributed by atoms with E-state index in [0.29, 0.717) is 43.4 Å². The highest BCUT2D eigenvalue weighted by molar-refractivity contribution is 7.89. The summed E-state index contributed by atoms with van der Waals surface area (Å²) in [5.41, 5.74) is 0.296. The van der Waals surface area contributed by atoms with Crippen LogP contribution in [0.3, 0.4) is 0 Å². The number of carbonyl (C=O) groups excluding carboxylic acids is 1. The third kappa shape index (κ3) is 5.24. The van der Waals surface area contributed by atoms with Gasteiger partial charge in [-0.2, -0.15) is 4.31 Å². The van der Waals surface area contributed by atoms with E-state index in [1.807, 2.05) is 0 Å². The molecule has 2 aliphatic rings. The molecule has 1 aromatic heterocycles. The van der Waals surface area contributed by atoms with Gasteiger partial charge in [0, 0.05) is 31.7 Å². The zero-order chi connectivity index (χ0) is 21.8. The maximum absolute atomic E-state index is 13.3. The monoisotopic (exact) mass is 447 g/mol. The molecule has 1 saturated heterocycles. The van der Waals surface area contributed by atoms with Crippen LogP contribution in [0.1, 0.15) is 49.0 Å². The third-order valence-corrected chi connectivity index (χ3v) is 7.88. The van der Waals surface area contributed by atoms with Crippen molar-refractivity contribution in [1.82, 2.24) is 24.6 Å².